The molecule has 0 aliphatic heterocycles. The molecule has 0 aliphatic carbocycles. The highest BCUT2D eigenvalue weighted by molar-refractivity contribution is 7.14. The summed E-state index contributed by atoms with van der Waals surface area (Å²) in [5.74, 6) is -1.01. The zero-order valence-corrected chi connectivity index (χ0v) is 10.8. The molecule has 1 heterocycles. The molecule has 4 nitrogen and oxygen atoms in total. The Bertz CT molecular complexity index is 400. The number of carboxylic acid groups (broad SMARTS) is 1. The van der Waals surface area contributed by atoms with Crippen LogP contribution in [0.25, 0.3) is 0 Å². The van der Waals surface area contributed by atoms with Crippen molar-refractivity contribution in [2.24, 2.45) is 5.92 Å². The maximum atomic E-state index is 11.7. The molecule has 0 fully saturated rings. The van der Waals surface area contributed by atoms with Crippen molar-refractivity contribution in [1.82, 2.24) is 5.32 Å². The number of thiophene rings is 1. The largest absolute Gasteiger partial charge is 0.481 e. The average Bonchev–Trinajstić information content (AvgIpc) is 2.73. The minimum absolute atomic E-state index is 0.0537. The number of carboxylic acids is 1. The molecule has 17 heavy (non-hydrogen) atoms. The summed E-state index contributed by atoms with van der Waals surface area (Å²) in [6.45, 7) is 4.24. The molecule has 2 N–H and O–H groups in total. The van der Waals surface area contributed by atoms with Crippen molar-refractivity contribution < 1.29 is 14.7 Å². The molecule has 1 aromatic heterocycles. The first-order valence-corrected chi connectivity index (χ1v) is 6.43. The smallest absolute Gasteiger partial charge is 0.303 e. The van der Waals surface area contributed by atoms with Crippen molar-refractivity contribution in [3.8, 4) is 0 Å². The molecule has 0 bridgehead atoms. The van der Waals surface area contributed by atoms with Crippen molar-refractivity contribution in [1.29, 1.82) is 0 Å². The fraction of sp³-hybridized carbons (Fsp3) is 0.500. The number of carbonyl (C=O) groups excluding carboxylic acids is 1. The summed E-state index contributed by atoms with van der Waals surface area (Å²) in [5.41, 5.74) is 0. The van der Waals surface area contributed by atoms with Gasteiger partial charge in [-0.3, -0.25) is 9.59 Å². The molecule has 0 radical (unpaired) electrons. The van der Waals surface area contributed by atoms with Gasteiger partial charge < -0.3 is 10.4 Å². The SMILES string of the molecule is CCc1ccc(C(=O)NCC(C)CC(=O)O)s1. The molecule has 0 spiro atoms. The Balaban J connectivity index is 2.41. The van der Waals surface area contributed by atoms with Gasteiger partial charge in [0.2, 0.25) is 0 Å². The van der Waals surface area contributed by atoms with Gasteiger partial charge in [-0.05, 0) is 24.5 Å². The number of rotatable bonds is 6. The van der Waals surface area contributed by atoms with Crippen LogP contribution in [0.3, 0.4) is 0 Å². The van der Waals surface area contributed by atoms with Gasteiger partial charge >= 0.3 is 5.97 Å². The molecule has 94 valence electrons. The van der Waals surface area contributed by atoms with Gasteiger partial charge in [-0.1, -0.05) is 13.8 Å². The number of hydrogen-bond donors (Lipinski definition) is 2. The minimum Gasteiger partial charge on any atom is -0.481 e. The lowest BCUT2D eigenvalue weighted by Crippen LogP contribution is -2.28. The van der Waals surface area contributed by atoms with Crippen LogP contribution >= 0.6 is 11.3 Å². The molecule has 0 saturated carbocycles. The van der Waals surface area contributed by atoms with Gasteiger partial charge in [-0.25, -0.2) is 0 Å². The topological polar surface area (TPSA) is 66.4 Å². The number of carbonyl (C=O) groups is 2. The zero-order valence-electron chi connectivity index (χ0n) is 10.0. The number of aliphatic carboxylic acids is 1. The van der Waals surface area contributed by atoms with Crippen molar-refractivity contribution in [2.75, 3.05) is 6.54 Å². The maximum Gasteiger partial charge on any atom is 0.303 e. The third-order valence-electron chi connectivity index (χ3n) is 2.37. The molecule has 0 aromatic carbocycles. The third-order valence-corrected chi connectivity index (χ3v) is 3.60. The summed E-state index contributed by atoms with van der Waals surface area (Å²) in [4.78, 5) is 24.0. The van der Waals surface area contributed by atoms with Crippen molar-refractivity contribution in [3.05, 3.63) is 21.9 Å². The van der Waals surface area contributed by atoms with Gasteiger partial charge in [-0.15, -0.1) is 11.3 Å². The van der Waals surface area contributed by atoms with E-state index >= 15 is 0 Å². The molecule has 1 unspecified atom stereocenters. The van der Waals surface area contributed by atoms with Crippen LogP contribution in [0.2, 0.25) is 0 Å². The van der Waals surface area contributed by atoms with E-state index in [1.807, 2.05) is 13.0 Å². The van der Waals surface area contributed by atoms with E-state index in [-0.39, 0.29) is 18.2 Å². The molecule has 1 aromatic rings. The number of hydrogen-bond acceptors (Lipinski definition) is 3. The highest BCUT2D eigenvalue weighted by atomic mass is 32.1. The lowest BCUT2D eigenvalue weighted by molar-refractivity contribution is -0.137. The first kappa shape index (κ1) is 13.7. The molecule has 1 amide bonds. The Morgan fingerprint density at radius 1 is 1.47 bits per heavy atom. The normalized spacial score (nSPS) is 12.1. The summed E-state index contributed by atoms with van der Waals surface area (Å²) in [5, 5.41) is 11.3. The Hall–Kier alpha value is -1.36. The molecular weight excluding hydrogens is 238 g/mol. The second-order valence-corrected chi connectivity index (χ2v) is 5.20. The second-order valence-electron chi connectivity index (χ2n) is 4.03. The van der Waals surface area contributed by atoms with E-state index in [0.717, 1.165) is 6.42 Å². The van der Waals surface area contributed by atoms with Gasteiger partial charge in [0, 0.05) is 17.8 Å². The summed E-state index contributed by atoms with van der Waals surface area (Å²) < 4.78 is 0. The predicted octanol–water partition coefficient (Wildman–Crippen LogP) is 2.15. The van der Waals surface area contributed by atoms with Gasteiger partial charge in [0.25, 0.3) is 5.91 Å². The fourth-order valence-electron chi connectivity index (χ4n) is 1.41. The fourth-order valence-corrected chi connectivity index (χ4v) is 2.28. The van der Waals surface area contributed by atoms with Crippen LogP contribution in [-0.4, -0.2) is 23.5 Å². The van der Waals surface area contributed by atoms with E-state index in [2.05, 4.69) is 5.32 Å². The Morgan fingerprint density at radius 2 is 2.18 bits per heavy atom. The van der Waals surface area contributed by atoms with E-state index in [1.165, 1.54) is 16.2 Å². The second kappa shape index (κ2) is 6.39. The Labute approximate surface area is 105 Å². The standard InChI is InChI=1S/C12H17NO3S/c1-3-9-4-5-10(17-9)12(16)13-7-8(2)6-11(14)15/h4-5,8H,3,6-7H2,1-2H3,(H,13,16)(H,14,15). The van der Waals surface area contributed by atoms with Crippen LogP contribution in [0.1, 0.15) is 34.8 Å². The predicted molar refractivity (Wildman–Crippen MR) is 67.4 cm³/mol. The van der Waals surface area contributed by atoms with E-state index < -0.39 is 5.97 Å². The highest BCUT2D eigenvalue weighted by Gasteiger charge is 2.12. The summed E-state index contributed by atoms with van der Waals surface area (Å²) >= 11 is 1.48. The Kier molecular flexibility index (Phi) is 5.15. The van der Waals surface area contributed by atoms with Crippen LogP contribution < -0.4 is 5.32 Å². The number of amides is 1. The van der Waals surface area contributed by atoms with Crippen LogP contribution in [0, 0.1) is 5.92 Å². The number of nitrogens with one attached hydrogen (secondary N) is 1. The maximum absolute atomic E-state index is 11.7. The monoisotopic (exact) mass is 255 g/mol. The van der Waals surface area contributed by atoms with Crippen molar-refractivity contribution in [3.63, 3.8) is 0 Å². The summed E-state index contributed by atoms with van der Waals surface area (Å²) in [6.07, 6.45) is 0.998. The minimum atomic E-state index is -0.837. The molecular formula is C12H17NO3S. The van der Waals surface area contributed by atoms with Crippen LogP contribution in [0.15, 0.2) is 12.1 Å². The lowest BCUT2D eigenvalue weighted by atomic mass is 10.1. The molecule has 5 heteroatoms. The zero-order chi connectivity index (χ0) is 12.8. The third kappa shape index (κ3) is 4.56. The number of aryl methyl sites for hydroxylation is 1. The van der Waals surface area contributed by atoms with Crippen molar-refractivity contribution >= 4 is 23.2 Å². The quantitative estimate of drug-likeness (QED) is 0.818. The van der Waals surface area contributed by atoms with E-state index in [0.29, 0.717) is 11.4 Å². The van der Waals surface area contributed by atoms with E-state index in [9.17, 15) is 9.59 Å². The van der Waals surface area contributed by atoms with E-state index in [4.69, 9.17) is 5.11 Å². The highest BCUT2D eigenvalue weighted by Crippen LogP contribution is 2.16. The van der Waals surface area contributed by atoms with Crippen LogP contribution in [0.5, 0.6) is 0 Å². The van der Waals surface area contributed by atoms with Crippen LogP contribution in [-0.2, 0) is 11.2 Å². The van der Waals surface area contributed by atoms with Crippen LogP contribution in [0.4, 0.5) is 0 Å². The molecule has 0 aliphatic rings. The molecule has 1 rings (SSSR count). The van der Waals surface area contributed by atoms with Gasteiger partial charge in [0.05, 0.1) is 4.88 Å². The van der Waals surface area contributed by atoms with E-state index in [1.54, 1.807) is 13.0 Å². The molecule has 0 saturated heterocycles. The summed E-state index contributed by atoms with van der Waals surface area (Å²) in [6, 6.07) is 3.75. The Morgan fingerprint density at radius 3 is 2.71 bits per heavy atom. The first-order chi connectivity index (χ1) is 8.02. The van der Waals surface area contributed by atoms with Gasteiger partial charge in [0.1, 0.15) is 0 Å². The molecule has 1 atom stereocenters. The van der Waals surface area contributed by atoms with Crippen molar-refractivity contribution in [2.45, 2.75) is 26.7 Å². The summed E-state index contributed by atoms with van der Waals surface area (Å²) in [7, 11) is 0. The van der Waals surface area contributed by atoms with Gasteiger partial charge in [0.15, 0.2) is 0 Å². The average molecular weight is 255 g/mol. The first-order valence-electron chi connectivity index (χ1n) is 5.61. The van der Waals surface area contributed by atoms with Gasteiger partial charge in [-0.2, -0.15) is 0 Å². The lowest BCUT2D eigenvalue weighted by Gasteiger charge is -2.09.